The van der Waals surface area contributed by atoms with Crippen LogP contribution in [0.1, 0.15) is 19.3 Å². The minimum atomic E-state index is -0.119. The molecule has 1 saturated heterocycles. The van der Waals surface area contributed by atoms with E-state index in [2.05, 4.69) is 12.1 Å². The average molecular weight is 188 g/mol. The summed E-state index contributed by atoms with van der Waals surface area (Å²) >= 11 is 0. The molecule has 2 fully saturated rings. The van der Waals surface area contributed by atoms with E-state index in [1.165, 1.54) is 6.42 Å². The van der Waals surface area contributed by atoms with Gasteiger partial charge in [0.25, 0.3) is 0 Å². The summed E-state index contributed by atoms with van der Waals surface area (Å²) in [6.07, 6.45) is 4.26. The van der Waals surface area contributed by atoms with E-state index in [0.717, 1.165) is 18.3 Å². The summed E-state index contributed by atoms with van der Waals surface area (Å²) in [4.78, 5) is 0. The zero-order valence-electron chi connectivity index (χ0n) is 8.06. The molecule has 1 aromatic carbocycles. The molecule has 0 spiro atoms. The van der Waals surface area contributed by atoms with Crippen molar-refractivity contribution in [2.75, 3.05) is 0 Å². The maximum absolute atomic E-state index is 5.85. The number of rotatable bonds is 1. The van der Waals surface area contributed by atoms with Gasteiger partial charge in [-0.3, -0.25) is 0 Å². The monoisotopic (exact) mass is 188 g/mol. The second-order valence-electron chi connectivity index (χ2n) is 4.02. The van der Waals surface area contributed by atoms with Crippen LogP contribution in [-0.2, 0) is 9.31 Å². The van der Waals surface area contributed by atoms with Crippen LogP contribution in [0.25, 0.3) is 0 Å². The molecule has 1 saturated carbocycles. The van der Waals surface area contributed by atoms with Gasteiger partial charge in [0.2, 0.25) is 0 Å². The maximum Gasteiger partial charge on any atom is 0.494 e. The largest absolute Gasteiger partial charge is 0.494 e. The fraction of sp³-hybridized carbons (Fsp3) is 0.455. The van der Waals surface area contributed by atoms with Crippen molar-refractivity contribution >= 4 is 12.6 Å². The molecule has 72 valence electrons. The van der Waals surface area contributed by atoms with Crippen LogP contribution in [0, 0.1) is 0 Å². The van der Waals surface area contributed by atoms with Crippen molar-refractivity contribution in [1.82, 2.24) is 0 Å². The Kier molecular flexibility index (Phi) is 2.07. The van der Waals surface area contributed by atoms with Crippen LogP contribution in [0.15, 0.2) is 30.3 Å². The van der Waals surface area contributed by atoms with Crippen LogP contribution in [0.5, 0.6) is 0 Å². The molecule has 1 aromatic rings. The van der Waals surface area contributed by atoms with Crippen LogP contribution < -0.4 is 5.46 Å². The highest BCUT2D eigenvalue weighted by molar-refractivity contribution is 6.61. The summed E-state index contributed by atoms with van der Waals surface area (Å²) in [5.41, 5.74) is 1.14. The van der Waals surface area contributed by atoms with Crippen molar-refractivity contribution in [1.29, 1.82) is 0 Å². The van der Waals surface area contributed by atoms with E-state index in [9.17, 15) is 0 Å². The molecule has 2 unspecified atom stereocenters. The Balaban J connectivity index is 1.77. The van der Waals surface area contributed by atoms with Crippen LogP contribution in [0.4, 0.5) is 0 Å². The second-order valence-corrected chi connectivity index (χ2v) is 4.02. The van der Waals surface area contributed by atoms with E-state index >= 15 is 0 Å². The molecular formula is C11H13BO2. The van der Waals surface area contributed by atoms with Crippen molar-refractivity contribution in [2.45, 2.75) is 31.5 Å². The Bertz CT molecular complexity index is 302. The fourth-order valence-corrected chi connectivity index (χ4v) is 2.32. The Hall–Kier alpha value is -0.795. The van der Waals surface area contributed by atoms with Crippen LogP contribution in [-0.4, -0.2) is 19.3 Å². The van der Waals surface area contributed by atoms with Gasteiger partial charge in [-0.1, -0.05) is 30.3 Å². The zero-order valence-corrected chi connectivity index (χ0v) is 8.06. The number of hydrogen-bond acceptors (Lipinski definition) is 2. The molecule has 0 amide bonds. The number of hydrogen-bond donors (Lipinski definition) is 0. The average Bonchev–Trinajstić information content (AvgIpc) is 2.78. The molecule has 2 atom stereocenters. The van der Waals surface area contributed by atoms with Gasteiger partial charge in [-0.15, -0.1) is 0 Å². The van der Waals surface area contributed by atoms with Gasteiger partial charge in [-0.05, 0) is 24.7 Å². The van der Waals surface area contributed by atoms with Crippen molar-refractivity contribution in [2.24, 2.45) is 0 Å². The van der Waals surface area contributed by atoms with Crippen LogP contribution >= 0.6 is 0 Å². The van der Waals surface area contributed by atoms with Gasteiger partial charge in [-0.2, -0.15) is 0 Å². The lowest BCUT2D eigenvalue weighted by Crippen LogP contribution is -2.32. The molecule has 0 bridgehead atoms. The summed E-state index contributed by atoms with van der Waals surface area (Å²) in [6.45, 7) is 0. The number of fused-ring (bicyclic) bond motifs is 1. The third kappa shape index (κ3) is 1.37. The fourth-order valence-electron chi connectivity index (χ4n) is 2.32. The molecule has 0 radical (unpaired) electrons. The highest BCUT2D eigenvalue weighted by Crippen LogP contribution is 2.30. The van der Waals surface area contributed by atoms with E-state index in [4.69, 9.17) is 9.31 Å². The number of benzene rings is 1. The van der Waals surface area contributed by atoms with Gasteiger partial charge in [0.1, 0.15) is 0 Å². The Morgan fingerprint density at radius 3 is 2.29 bits per heavy atom. The first-order chi connectivity index (χ1) is 6.93. The Morgan fingerprint density at radius 1 is 1.00 bits per heavy atom. The van der Waals surface area contributed by atoms with Crippen molar-refractivity contribution < 1.29 is 9.31 Å². The van der Waals surface area contributed by atoms with Crippen LogP contribution in [0.2, 0.25) is 0 Å². The maximum atomic E-state index is 5.85. The minimum absolute atomic E-state index is 0.119. The molecule has 3 rings (SSSR count). The predicted molar refractivity (Wildman–Crippen MR) is 55.4 cm³/mol. The van der Waals surface area contributed by atoms with Gasteiger partial charge in [0.05, 0.1) is 12.2 Å². The van der Waals surface area contributed by atoms with Gasteiger partial charge in [0, 0.05) is 0 Å². The lowest BCUT2D eigenvalue weighted by atomic mass is 9.79. The van der Waals surface area contributed by atoms with Crippen LogP contribution in [0.3, 0.4) is 0 Å². The Morgan fingerprint density at radius 2 is 1.64 bits per heavy atom. The molecule has 1 aliphatic carbocycles. The standard InChI is InChI=1S/C11H13BO2/c1-2-5-9(6-3-1)12-13-10-7-4-8-11(10)14-12/h1-3,5-6,10-11H,4,7-8H2. The topological polar surface area (TPSA) is 18.5 Å². The first-order valence-electron chi connectivity index (χ1n) is 5.29. The van der Waals surface area contributed by atoms with E-state index in [0.29, 0.717) is 12.2 Å². The smallest absolute Gasteiger partial charge is 0.402 e. The van der Waals surface area contributed by atoms with Gasteiger partial charge in [0.15, 0.2) is 0 Å². The third-order valence-electron chi connectivity index (χ3n) is 3.06. The molecule has 2 nitrogen and oxygen atoms in total. The van der Waals surface area contributed by atoms with E-state index in [1.54, 1.807) is 0 Å². The Labute approximate surface area is 84.4 Å². The highest BCUT2D eigenvalue weighted by Gasteiger charge is 2.42. The first-order valence-corrected chi connectivity index (χ1v) is 5.29. The van der Waals surface area contributed by atoms with Gasteiger partial charge >= 0.3 is 7.12 Å². The van der Waals surface area contributed by atoms with Crippen molar-refractivity contribution in [3.8, 4) is 0 Å². The minimum Gasteiger partial charge on any atom is -0.402 e. The molecule has 3 heteroatoms. The highest BCUT2D eigenvalue weighted by atomic mass is 16.7. The molecular weight excluding hydrogens is 175 g/mol. The molecule has 2 aliphatic rings. The molecule has 1 heterocycles. The third-order valence-corrected chi connectivity index (χ3v) is 3.06. The summed E-state index contributed by atoms with van der Waals surface area (Å²) in [5, 5.41) is 0. The van der Waals surface area contributed by atoms with Crippen molar-refractivity contribution in [3.05, 3.63) is 30.3 Å². The summed E-state index contributed by atoms with van der Waals surface area (Å²) in [7, 11) is -0.119. The van der Waals surface area contributed by atoms with Gasteiger partial charge < -0.3 is 9.31 Å². The second kappa shape index (κ2) is 3.41. The molecule has 14 heavy (non-hydrogen) atoms. The first kappa shape index (κ1) is 8.51. The SMILES string of the molecule is c1ccc(B2OC3CCCC3O2)cc1. The lowest BCUT2D eigenvalue weighted by Gasteiger charge is -2.06. The summed E-state index contributed by atoms with van der Waals surface area (Å²) < 4.78 is 11.7. The predicted octanol–water partition coefficient (Wildman–Crippen LogP) is 1.35. The normalized spacial score (nSPS) is 30.7. The summed E-state index contributed by atoms with van der Waals surface area (Å²) in [6, 6.07) is 10.2. The molecule has 0 N–H and O–H groups in total. The molecule has 0 aromatic heterocycles. The summed E-state index contributed by atoms with van der Waals surface area (Å²) in [5.74, 6) is 0. The van der Waals surface area contributed by atoms with Crippen molar-refractivity contribution in [3.63, 3.8) is 0 Å². The van der Waals surface area contributed by atoms with E-state index in [-0.39, 0.29) is 7.12 Å². The van der Waals surface area contributed by atoms with E-state index in [1.807, 2.05) is 18.2 Å². The van der Waals surface area contributed by atoms with Gasteiger partial charge in [-0.25, -0.2) is 0 Å². The van der Waals surface area contributed by atoms with E-state index < -0.39 is 0 Å². The quantitative estimate of drug-likeness (QED) is 0.619. The zero-order chi connectivity index (χ0) is 9.38. The lowest BCUT2D eigenvalue weighted by molar-refractivity contribution is 0.187. The molecule has 1 aliphatic heterocycles.